The SMILES string of the molecule is CC(C)(C)OC(=O)N1CCC[C@H]1c1ncc(-c2cccc(C34CCC5(c6cnc([C@@H]7CCCN7C(=O)OC(C)(C)C)[nH]6)CCC35C4)c2)[nH]1. The molecule has 2 aliphatic heterocycles. The second kappa shape index (κ2) is 10.6. The predicted molar refractivity (Wildman–Crippen MR) is 181 cm³/mol. The predicted octanol–water partition coefficient (Wildman–Crippen LogP) is 8.10. The number of benzene rings is 1. The number of aromatic amines is 2. The molecular weight excluding hydrogens is 604 g/mol. The van der Waals surface area contributed by atoms with E-state index >= 15 is 0 Å². The lowest BCUT2D eigenvalue weighted by molar-refractivity contribution is 0.0208. The molecule has 8 rings (SSSR count). The first-order valence-electron chi connectivity index (χ1n) is 17.9. The Kier molecular flexibility index (Phi) is 6.94. The van der Waals surface area contributed by atoms with Gasteiger partial charge in [-0.25, -0.2) is 19.6 Å². The summed E-state index contributed by atoms with van der Waals surface area (Å²) in [4.78, 5) is 46.6. The molecule has 0 radical (unpaired) electrons. The van der Waals surface area contributed by atoms with E-state index in [4.69, 9.17) is 19.4 Å². The molecule has 2 N–H and O–H groups in total. The van der Waals surface area contributed by atoms with E-state index in [1.807, 2.05) is 57.5 Å². The first kappa shape index (κ1) is 31.4. The van der Waals surface area contributed by atoms with Gasteiger partial charge in [0.05, 0.1) is 24.0 Å². The smallest absolute Gasteiger partial charge is 0.410 e. The molecule has 256 valence electrons. The number of H-pyrrole nitrogens is 2. The zero-order valence-corrected chi connectivity index (χ0v) is 29.3. The van der Waals surface area contributed by atoms with Gasteiger partial charge in [0.2, 0.25) is 0 Å². The molecular formula is C38H50N6O4. The number of likely N-dealkylation sites (tertiary alicyclic amines) is 2. The minimum Gasteiger partial charge on any atom is -0.444 e. The van der Waals surface area contributed by atoms with Crippen LogP contribution in [0.15, 0.2) is 36.7 Å². The van der Waals surface area contributed by atoms with Crippen LogP contribution in [0.2, 0.25) is 0 Å². The van der Waals surface area contributed by atoms with Crippen molar-refractivity contribution in [2.45, 2.75) is 133 Å². The van der Waals surface area contributed by atoms with Gasteiger partial charge in [0, 0.05) is 35.8 Å². The molecule has 2 aromatic heterocycles. The van der Waals surface area contributed by atoms with Crippen molar-refractivity contribution in [3.8, 4) is 11.3 Å². The second-order valence-corrected chi connectivity index (χ2v) is 17.0. The summed E-state index contributed by atoms with van der Waals surface area (Å²) in [7, 11) is 0. The van der Waals surface area contributed by atoms with E-state index in [0.29, 0.717) is 13.1 Å². The molecule has 2 saturated heterocycles. The molecule has 48 heavy (non-hydrogen) atoms. The van der Waals surface area contributed by atoms with E-state index in [1.165, 1.54) is 36.9 Å². The monoisotopic (exact) mass is 654 g/mol. The zero-order chi connectivity index (χ0) is 33.7. The molecule has 3 saturated carbocycles. The average Bonchev–Trinajstić information content (AvgIpc) is 3.68. The van der Waals surface area contributed by atoms with E-state index in [-0.39, 0.29) is 40.5 Å². The van der Waals surface area contributed by atoms with E-state index in [2.05, 4.69) is 40.4 Å². The Hall–Kier alpha value is -3.82. The number of nitrogens with one attached hydrogen (secondary N) is 2. The molecule has 3 unspecified atom stereocenters. The maximum atomic E-state index is 13.0. The van der Waals surface area contributed by atoms with E-state index < -0.39 is 11.2 Å². The number of hydrogen-bond donors (Lipinski definition) is 2. The minimum absolute atomic E-state index is 0.0668. The summed E-state index contributed by atoms with van der Waals surface area (Å²) in [6.45, 7) is 12.8. The van der Waals surface area contributed by atoms with Crippen LogP contribution in [0.5, 0.6) is 0 Å². The topological polar surface area (TPSA) is 116 Å². The molecule has 0 bridgehead atoms. The molecule has 5 fully saturated rings. The number of amides is 2. The third-order valence-corrected chi connectivity index (χ3v) is 12.1. The van der Waals surface area contributed by atoms with Gasteiger partial charge in [-0.2, -0.15) is 0 Å². The molecule has 5 atom stereocenters. The van der Waals surface area contributed by atoms with Crippen LogP contribution in [-0.4, -0.2) is 66.2 Å². The molecule has 1 aromatic carbocycles. The number of hydrogen-bond acceptors (Lipinski definition) is 6. The van der Waals surface area contributed by atoms with Gasteiger partial charge in [0.1, 0.15) is 22.9 Å². The Balaban J connectivity index is 1.01. The number of carbonyl (C=O) groups excluding carboxylic acids is 2. The van der Waals surface area contributed by atoms with Gasteiger partial charge in [0.25, 0.3) is 0 Å². The Morgan fingerprint density at radius 2 is 1.38 bits per heavy atom. The Morgan fingerprint density at radius 3 is 1.98 bits per heavy atom. The first-order valence-corrected chi connectivity index (χ1v) is 17.9. The summed E-state index contributed by atoms with van der Waals surface area (Å²) in [5, 5.41) is 0. The summed E-state index contributed by atoms with van der Waals surface area (Å²) in [5.74, 6) is 1.72. The number of rotatable bonds is 5. The van der Waals surface area contributed by atoms with Crippen LogP contribution in [0.3, 0.4) is 0 Å². The normalized spacial score (nSPS) is 31.0. The van der Waals surface area contributed by atoms with Gasteiger partial charge in [0.15, 0.2) is 0 Å². The average molecular weight is 655 g/mol. The number of carbonyl (C=O) groups is 2. The standard InChI is InChI=1S/C38H50N6O4/c1-34(2,3)47-32(45)43-18-8-12-27(43)30-39-21-26(41-30)24-10-7-11-25(20-24)37-15-14-36(16-17-38(36,37)23-37)29-22-40-31(42-29)28-13-9-19-44(28)33(46)48-35(4,5)6/h7,10-11,20-22,27-28H,8-9,12-19,23H2,1-6H3,(H,39,41)(H,40,42)/t27-,28-,36?,37?,38?/m0/s1. The van der Waals surface area contributed by atoms with Crippen LogP contribution in [0, 0.1) is 5.41 Å². The largest absolute Gasteiger partial charge is 0.444 e. The summed E-state index contributed by atoms with van der Waals surface area (Å²) < 4.78 is 11.4. The van der Waals surface area contributed by atoms with E-state index in [9.17, 15) is 9.59 Å². The molecule has 3 aliphatic carbocycles. The minimum atomic E-state index is -0.532. The van der Waals surface area contributed by atoms with Crippen LogP contribution in [0.4, 0.5) is 9.59 Å². The molecule has 3 aromatic rings. The fraction of sp³-hybridized carbons (Fsp3) is 0.632. The summed E-state index contributed by atoms with van der Waals surface area (Å²) >= 11 is 0. The van der Waals surface area contributed by atoms with Crippen LogP contribution in [0.1, 0.15) is 134 Å². The molecule has 2 amide bonds. The summed E-state index contributed by atoms with van der Waals surface area (Å²) in [6.07, 6.45) is 13.0. The van der Waals surface area contributed by atoms with Crippen LogP contribution in [-0.2, 0) is 20.3 Å². The molecule has 5 aliphatic rings. The number of aromatic nitrogens is 4. The molecule has 1 spiro atoms. The lowest BCUT2D eigenvalue weighted by Gasteiger charge is -2.48. The number of ether oxygens (including phenoxy) is 2. The van der Waals surface area contributed by atoms with Crippen LogP contribution in [0.25, 0.3) is 11.3 Å². The van der Waals surface area contributed by atoms with Crippen molar-refractivity contribution in [1.29, 1.82) is 0 Å². The van der Waals surface area contributed by atoms with Gasteiger partial charge >= 0.3 is 12.2 Å². The quantitative estimate of drug-likeness (QED) is 0.287. The first-order chi connectivity index (χ1) is 22.7. The lowest BCUT2D eigenvalue weighted by atomic mass is 9.55. The third kappa shape index (κ3) is 4.79. The van der Waals surface area contributed by atoms with Crippen molar-refractivity contribution >= 4 is 12.2 Å². The highest BCUT2D eigenvalue weighted by molar-refractivity contribution is 5.70. The highest BCUT2D eigenvalue weighted by atomic mass is 16.6. The van der Waals surface area contributed by atoms with Crippen molar-refractivity contribution in [2.75, 3.05) is 13.1 Å². The number of nitrogens with zero attached hydrogens (tertiary/aromatic N) is 4. The van der Waals surface area contributed by atoms with Gasteiger partial charge in [-0.3, -0.25) is 9.80 Å². The van der Waals surface area contributed by atoms with Crippen molar-refractivity contribution in [3.63, 3.8) is 0 Å². The van der Waals surface area contributed by atoms with E-state index in [1.54, 1.807) is 0 Å². The van der Waals surface area contributed by atoms with Gasteiger partial charge < -0.3 is 19.4 Å². The van der Waals surface area contributed by atoms with Crippen molar-refractivity contribution in [1.82, 2.24) is 29.7 Å². The van der Waals surface area contributed by atoms with Crippen LogP contribution < -0.4 is 0 Å². The molecule has 10 heteroatoms. The Morgan fingerprint density at radius 1 is 0.792 bits per heavy atom. The van der Waals surface area contributed by atoms with Crippen LogP contribution >= 0.6 is 0 Å². The van der Waals surface area contributed by atoms with Gasteiger partial charge in [-0.1, -0.05) is 18.2 Å². The van der Waals surface area contributed by atoms with Crippen molar-refractivity contribution < 1.29 is 19.1 Å². The Labute approximate surface area is 283 Å². The van der Waals surface area contributed by atoms with Gasteiger partial charge in [-0.05, 0) is 122 Å². The maximum absolute atomic E-state index is 13.0. The fourth-order valence-electron chi connectivity index (χ4n) is 9.89. The highest BCUT2D eigenvalue weighted by Gasteiger charge is 2.84. The summed E-state index contributed by atoms with van der Waals surface area (Å²) in [6, 6.07) is 8.87. The lowest BCUT2D eigenvalue weighted by Crippen LogP contribution is -2.45. The molecule has 4 heterocycles. The fourth-order valence-corrected chi connectivity index (χ4v) is 9.89. The summed E-state index contributed by atoms with van der Waals surface area (Å²) in [5.41, 5.74) is 4.26. The van der Waals surface area contributed by atoms with Crippen molar-refractivity contribution in [2.24, 2.45) is 5.41 Å². The van der Waals surface area contributed by atoms with Gasteiger partial charge in [-0.15, -0.1) is 0 Å². The maximum Gasteiger partial charge on any atom is 0.410 e. The second-order valence-electron chi connectivity index (χ2n) is 17.0. The zero-order valence-electron chi connectivity index (χ0n) is 29.3. The van der Waals surface area contributed by atoms with E-state index in [0.717, 1.165) is 55.0 Å². The molecule has 10 nitrogen and oxygen atoms in total. The highest BCUT2D eigenvalue weighted by Crippen LogP contribution is 2.88. The third-order valence-electron chi connectivity index (χ3n) is 12.1. The Bertz CT molecular complexity index is 1750. The van der Waals surface area contributed by atoms with Crippen molar-refractivity contribution in [3.05, 3.63) is 59.6 Å². The number of imidazole rings is 2.